The first kappa shape index (κ1) is 13.4. The number of nitriles is 1. The summed E-state index contributed by atoms with van der Waals surface area (Å²) in [6.45, 7) is 3.87. The van der Waals surface area contributed by atoms with Crippen LogP contribution in [-0.2, 0) is 0 Å². The van der Waals surface area contributed by atoms with E-state index in [2.05, 4.69) is 11.1 Å². The molecule has 2 rings (SSSR count). The first-order valence-corrected chi connectivity index (χ1v) is 7.30. The first-order chi connectivity index (χ1) is 8.55. The first-order valence-electron chi connectivity index (χ1n) is 6.32. The summed E-state index contributed by atoms with van der Waals surface area (Å²) in [5.74, 6) is 2.10. The van der Waals surface area contributed by atoms with E-state index in [0.29, 0.717) is 5.92 Å². The predicted octanol–water partition coefficient (Wildman–Crippen LogP) is 2.79. The molecule has 0 amide bonds. The quantitative estimate of drug-likeness (QED) is 0.847. The number of nitrogens with two attached hydrogens (primary N) is 1. The van der Waals surface area contributed by atoms with E-state index in [-0.39, 0.29) is 0 Å². The zero-order chi connectivity index (χ0) is 13.2. The third kappa shape index (κ3) is 2.70. The average molecular weight is 265 g/mol. The molecule has 1 aliphatic carbocycles. The maximum absolute atomic E-state index is 9.14. The number of aryl methyl sites for hydroxylation is 2. The lowest BCUT2D eigenvalue weighted by Gasteiger charge is -2.23. The highest BCUT2D eigenvalue weighted by molar-refractivity contribution is 7.99. The maximum atomic E-state index is 9.14. The van der Waals surface area contributed by atoms with Gasteiger partial charge in [-0.1, -0.05) is 18.2 Å². The summed E-state index contributed by atoms with van der Waals surface area (Å²) in [4.78, 5) is 4.33. The average Bonchev–Trinajstić information content (AvgIpc) is 2.85. The second kappa shape index (κ2) is 5.33. The van der Waals surface area contributed by atoms with Crippen LogP contribution in [0.2, 0.25) is 0 Å². The van der Waals surface area contributed by atoms with Gasteiger partial charge in [0.05, 0.1) is 11.8 Å². The minimum Gasteiger partial charge on any atom is -0.437 e. The summed E-state index contributed by atoms with van der Waals surface area (Å²) in [6, 6.07) is 2.28. The Morgan fingerprint density at radius 2 is 2.39 bits per heavy atom. The maximum Gasteiger partial charge on any atom is 0.256 e. The monoisotopic (exact) mass is 265 g/mol. The molecule has 1 aromatic heterocycles. The van der Waals surface area contributed by atoms with Gasteiger partial charge in [0.1, 0.15) is 11.3 Å². The summed E-state index contributed by atoms with van der Waals surface area (Å²) in [5.41, 5.74) is 6.44. The zero-order valence-electron chi connectivity index (χ0n) is 10.9. The molecule has 18 heavy (non-hydrogen) atoms. The largest absolute Gasteiger partial charge is 0.437 e. The number of oxazole rings is 1. The molecule has 5 heteroatoms. The van der Waals surface area contributed by atoms with Crippen molar-refractivity contribution in [3.05, 3.63) is 11.5 Å². The standard InChI is InChI=1S/C13H19N3OS/c1-9-10(2)17-12(16-9)18-7-5-11-4-3-6-13(11,15)8-14/h11H,3-7,15H2,1-2H3. The van der Waals surface area contributed by atoms with Gasteiger partial charge in [-0.05, 0) is 39.0 Å². The Balaban J connectivity index is 1.84. The number of hydrogen-bond acceptors (Lipinski definition) is 5. The Bertz CT molecular complexity index is 446. The Hall–Kier alpha value is -0.990. The summed E-state index contributed by atoms with van der Waals surface area (Å²) in [7, 11) is 0. The molecule has 0 saturated heterocycles. The van der Waals surface area contributed by atoms with E-state index in [4.69, 9.17) is 15.4 Å². The molecule has 1 fully saturated rings. The summed E-state index contributed by atoms with van der Waals surface area (Å²) in [5, 5.41) is 9.86. The lowest BCUT2D eigenvalue weighted by Crippen LogP contribution is -2.41. The number of nitrogens with zero attached hydrogens (tertiary/aromatic N) is 2. The number of rotatable bonds is 4. The third-order valence-corrected chi connectivity index (χ3v) is 4.64. The van der Waals surface area contributed by atoms with Gasteiger partial charge in [0.2, 0.25) is 0 Å². The van der Waals surface area contributed by atoms with Gasteiger partial charge < -0.3 is 10.2 Å². The minimum atomic E-state index is -0.608. The lowest BCUT2D eigenvalue weighted by atomic mass is 9.88. The van der Waals surface area contributed by atoms with E-state index in [0.717, 1.165) is 48.1 Å². The minimum absolute atomic E-state index is 0.312. The van der Waals surface area contributed by atoms with Crippen LogP contribution in [0.25, 0.3) is 0 Å². The van der Waals surface area contributed by atoms with Crippen LogP contribution < -0.4 is 5.73 Å². The van der Waals surface area contributed by atoms with Crippen LogP contribution in [0.3, 0.4) is 0 Å². The van der Waals surface area contributed by atoms with E-state index in [1.165, 1.54) is 0 Å². The van der Waals surface area contributed by atoms with Crippen molar-refractivity contribution in [1.82, 2.24) is 4.98 Å². The van der Waals surface area contributed by atoms with Crippen molar-refractivity contribution in [2.45, 2.75) is 50.3 Å². The molecule has 2 N–H and O–H groups in total. The van der Waals surface area contributed by atoms with Gasteiger partial charge in [0.15, 0.2) is 0 Å². The van der Waals surface area contributed by atoms with E-state index >= 15 is 0 Å². The summed E-state index contributed by atoms with van der Waals surface area (Å²) >= 11 is 1.61. The molecule has 0 radical (unpaired) electrons. The van der Waals surface area contributed by atoms with Crippen LogP contribution in [0.1, 0.15) is 37.1 Å². The Morgan fingerprint density at radius 1 is 1.61 bits per heavy atom. The van der Waals surface area contributed by atoms with Crippen LogP contribution in [-0.4, -0.2) is 16.3 Å². The molecule has 0 bridgehead atoms. The number of aromatic nitrogens is 1. The molecule has 1 heterocycles. The van der Waals surface area contributed by atoms with Crippen LogP contribution >= 0.6 is 11.8 Å². The molecule has 1 aliphatic rings. The molecule has 2 atom stereocenters. The van der Waals surface area contributed by atoms with Gasteiger partial charge in [-0.15, -0.1) is 0 Å². The molecule has 1 aromatic rings. The second-order valence-electron chi connectivity index (χ2n) is 5.00. The van der Waals surface area contributed by atoms with Crippen molar-refractivity contribution in [3.63, 3.8) is 0 Å². The van der Waals surface area contributed by atoms with Crippen molar-refractivity contribution in [1.29, 1.82) is 5.26 Å². The lowest BCUT2D eigenvalue weighted by molar-refractivity contribution is 0.387. The SMILES string of the molecule is Cc1nc(SCCC2CCCC2(N)C#N)oc1C. The topological polar surface area (TPSA) is 75.8 Å². The molecule has 98 valence electrons. The zero-order valence-corrected chi connectivity index (χ0v) is 11.7. The Labute approximate surface area is 112 Å². The number of hydrogen-bond donors (Lipinski definition) is 1. The highest BCUT2D eigenvalue weighted by Gasteiger charge is 2.39. The number of thioether (sulfide) groups is 1. The van der Waals surface area contributed by atoms with Crippen molar-refractivity contribution < 1.29 is 4.42 Å². The van der Waals surface area contributed by atoms with Crippen LogP contribution in [0.4, 0.5) is 0 Å². The van der Waals surface area contributed by atoms with Gasteiger partial charge in [-0.3, -0.25) is 0 Å². The smallest absolute Gasteiger partial charge is 0.256 e. The third-order valence-electron chi connectivity index (χ3n) is 3.78. The molecule has 4 nitrogen and oxygen atoms in total. The molecular weight excluding hydrogens is 246 g/mol. The van der Waals surface area contributed by atoms with Crippen molar-refractivity contribution in [2.24, 2.45) is 11.7 Å². The summed E-state index contributed by atoms with van der Waals surface area (Å²) < 4.78 is 5.51. The highest BCUT2D eigenvalue weighted by Crippen LogP contribution is 2.36. The van der Waals surface area contributed by atoms with Crippen LogP contribution in [0.15, 0.2) is 9.64 Å². The molecule has 0 aliphatic heterocycles. The fourth-order valence-corrected chi connectivity index (χ4v) is 3.41. The van der Waals surface area contributed by atoms with Gasteiger partial charge >= 0.3 is 0 Å². The molecule has 0 aromatic carbocycles. The van der Waals surface area contributed by atoms with Crippen molar-refractivity contribution >= 4 is 11.8 Å². The van der Waals surface area contributed by atoms with Crippen LogP contribution in [0.5, 0.6) is 0 Å². The Kier molecular flexibility index (Phi) is 3.98. The summed E-state index contributed by atoms with van der Waals surface area (Å²) in [6.07, 6.45) is 3.91. The van der Waals surface area contributed by atoms with E-state index < -0.39 is 5.54 Å². The highest BCUT2D eigenvalue weighted by atomic mass is 32.2. The van der Waals surface area contributed by atoms with E-state index in [9.17, 15) is 0 Å². The van der Waals surface area contributed by atoms with Crippen LogP contribution in [0, 0.1) is 31.1 Å². The Morgan fingerprint density at radius 3 is 3.00 bits per heavy atom. The van der Waals surface area contributed by atoms with Gasteiger partial charge in [0.25, 0.3) is 5.22 Å². The molecular formula is C13H19N3OS. The van der Waals surface area contributed by atoms with Gasteiger partial charge in [-0.25, -0.2) is 4.98 Å². The van der Waals surface area contributed by atoms with Gasteiger partial charge in [0, 0.05) is 5.75 Å². The van der Waals surface area contributed by atoms with Crippen molar-refractivity contribution in [2.75, 3.05) is 5.75 Å². The fraction of sp³-hybridized carbons (Fsp3) is 0.692. The molecule has 2 unspecified atom stereocenters. The molecule has 1 saturated carbocycles. The predicted molar refractivity (Wildman–Crippen MR) is 71.2 cm³/mol. The second-order valence-corrected chi connectivity index (χ2v) is 6.05. The fourth-order valence-electron chi connectivity index (χ4n) is 2.45. The molecule has 0 spiro atoms. The normalized spacial score (nSPS) is 27.3. The van der Waals surface area contributed by atoms with E-state index in [1.807, 2.05) is 13.8 Å². The van der Waals surface area contributed by atoms with Crippen molar-refractivity contribution in [3.8, 4) is 6.07 Å². The van der Waals surface area contributed by atoms with Gasteiger partial charge in [-0.2, -0.15) is 5.26 Å². The van der Waals surface area contributed by atoms with E-state index in [1.54, 1.807) is 11.8 Å².